The van der Waals surface area contributed by atoms with Gasteiger partial charge in [-0.1, -0.05) is 48.2 Å². The average Bonchev–Trinajstić information content (AvgIpc) is 3.33. The molecule has 0 aliphatic heterocycles. The van der Waals surface area contributed by atoms with Crippen LogP contribution in [0.15, 0.2) is 65.1 Å². The van der Waals surface area contributed by atoms with Gasteiger partial charge in [-0.05, 0) is 41.3 Å². The highest BCUT2D eigenvalue weighted by molar-refractivity contribution is 8.00. The Kier molecular flexibility index (Phi) is 5.45. The van der Waals surface area contributed by atoms with Gasteiger partial charge in [-0.15, -0.1) is 21.5 Å². The number of thioether (sulfide) groups is 1. The molecular formula is C21H20N4OS2. The maximum atomic E-state index is 12.6. The molecule has 7 heteroatoms. The second-order valence-corrected chi connectivity index (χ2v) is 8.87. The topological polar surface area (TPSA) is 59.8 Å². The molecule has 0 radical (unpaired) electrons. The number of benzene rings is 2. The summed E-state index contributed by atoms with van der Waals surface area (Å²) in [6.45, 7) is 1.88. The third-order valence-corrected chi connectivity index (χ3v) is 6.52. The van der Waals surface area contributed by atoms with E-state index in [9.17, 15) is 4.79 Å². The average molecular weight is 409 g/mol. The monoisotopic (exact) mass is 408 g/mol. The quantitative estimate of drug-likeness (QED) is 0.468. The number of carbonyl (C=O) groups is 1. The lowest BCUT2D eigenvalue weighted by molar-refractivity contribution is -0.115. The molecule has 0 fully saturated rings. The van der Waals surface area contributed by atoms with Gasteiger partial charge in [0.05, 0.1) is 5.25 Å². The normalized spacial score (nSPS) is 12.2. The summed E-state index contributed by atoms with van der Waals surface area (Å²) < 4.78 is 1.96. The number of nitrogens with zero attached hydrogens (tertiary/aromatic N) is 3. The summed E-state index contributed by atoms with van der Waals surface area (Å²) in [5, 5.41) is 16.3. The lowest BCUT2D eigenvalue weighted by Gasteiger charge is -2.12. The van der Waals surface area contributed by atoms with E-state index in [0.717, 1.165) is 33.9 Å². The Morgan fingerprint density at radius 1 is 1.14 bits per heavy atom. The number of rotatable bonds is 6. The Hall–Kier alpha value is -2.64. The fraction of sp³-hybridized carbons (Fsp3) is 0.190. The van der Waals surface area contributed by atoms with Gasteiger partial charge in [0.15, 0.2) is 5.16 Å². The highest BCUT2D eigenvalue weighted by Crippen LogP contribution is 2.25. The Morgan fingerprint density at radius 2 is 1.96 bits per heavy atom. The van der Waals surface area contributed by atoms with E-state index in [1.807, 2.05) is 61.0 Å². The first kappa shape index (κ1) is 18.7. The van der Waals surface area contributed by atoms with E-state index in [4.69, 9.17) is 0 Å². The molecule has 0 saturated heterocycles. The van der Waals surface area contributed by atoms with E-state index in [1.165, 1.54) is 16.6 Å². The molecule has 142 valence electrons. The summed E-state index contributed by atoms with van der Waals surface area (Å²) in [7, 11) is 1.94. The molecule has 0 aliphatic rings. The molecule has 0 aliphatic carbocycles. The standard InChI is InChI=1S/C21H20N4OS2/c1-14(20(26)22-17-10-9-15-6-3-4-7-16(15)12-17)28-21-24-23-19(25(21)2)13-18-8-5-11-27-18/h3-12,14H,13H2,1-2H3,(H,22,26)/t14-/m0/s1. The minimum absolute atomic E-state index is 0.0527. The van der Waals surface area contributed by atoms with Crippen molar-refractivity contribution in [1.29, 1.82) is 0 Å². The van der Waals surface area contributed by atoms with E-state index in [0.29, 0.717) is 0 Å². The van der Waals surface area contributed by atoms with Gasteiger partial charge in [-0.25, -0.2) is 0 Å². The first-order chi connectivity index (χ1) is 13.6. The van der Waals surface area contributed by atoms with E-state index < -0.39 is 0 Å². The van der Waals surface area contributed by atoms with Crippen LogP contribution < -0.4 is 5.32 Å². The van der Waals surface area contributed by atoms with Crippen molar-refractivity contribution >= 4 is 45.5 Å². The van der Waals surface area contributed by atoms with Crippen LogP contribution in [0, 0.1) is 0 Å². The number of thiophene rings is 1. The molecule has 5 nitrogen and oxygen atoms in total. The lowest BCUT2D eigenvalue weighted by Crippen LogP contribution is -2.22. The maximum Gasteiger partial charge on any atom is 0.237 e. The molecule has 4 aromatic rings. The number of amides is 1. The van der Waals surface area contributed by atoms with Gasteiger partial charge in [0.1, 0.15) is 5.82 Å². The zero-order valence-corrected chi connectivity index (χ0v) is 17.3. The molecule has 0 saturated carbocycles. The van der Waals surface area contributed by atoms with E-state index >= 15 is 0 Å². The van der Waals surface area contributed by atoms with Crippen LogP contribution in [0.5, 0.6) is 0 Å². The van der Waals surface area contributed by atoms with Gasteiger partial charge >= 0.3 is 0 Å². The molecular weight excluding hydrogens is 388 g/mol. The SMILES string of the molecule is C[C@H](Sc1nnc(Cc2cccs2)n1C)C(=O)Nc1ccc2ccccc2c1. The summed E-state index contributed by atoms with van der Waals surface area (Å²) in [6.07, 6.45) is 0.749. The summed E-state index contributed by atoms with van der Waals surface area (Å²) in [4.78, 5) is 13.9. The predicted molar refractivity (Wildman–Crippen MR) is 116 cm³/mol. The molecule has 1 N–H and O–H groups in total. The largest absolute Gasteiger partial charge is 0.325 e. The van der Waals surface area contributed by atoms with Crippen LogP contribution in [0.2, 0.25) is 0 Å². The fourth-order valence-corrected chi connectivity index (χ4v) is 4.43. The van der Waals surface area contributed by atoms with Crippen LogP contribution >= 0.6 is 23.1 Å². The number of nitrogens with one attached hydrogen (secondary N) is 1. The molecule has 2 aromatic carbocycles. The van der Waals surface area contributed by atoms with Gasteiger partial charge in [0.2, 0.25) is 5.91 Å². The molecule has 2 aromatic heterocycles. The van der Waals surface area contributed by atoms with E-state index in [1.54, 1.807) is 11.3 Å². The number of fused-ring (bicyclic) bond motifs is 1. The van der Waals surface area contributed by atoms with Gasteiger partial charge in [-0.3, -0.25) is 4.79 Å². The number of hydrogen-bond donors (Lipinski definition) is 1. The highest BCUT2D eigenvalue weighted by atomic mass is 32.2. The molecule has 1 atom stereocenters. The molecule has 4 rings (SSSR count). The van der Waals surface area contributed by atoms with Crippen LogP contribution in [-0.4, -0.2) is 25.9 Å². The smallest absolute Gasteiger partial charge is 0.237 e. The molecule has 1 amide bonds. The zero-order chi connectivity index (χ0) is 19.5. The Bertz CT molecular complexity index is 1100. The second-order valence-electron chi connectivity index (χ2n) is 6.53. The Labute approximate surface area is 171 Å². The molecule has 28 heavy (non-hydrogen) atoms. The Balaban J connectivity index is 1.42. The molecule has 0 bridgehead atoms. The van der Waals surface area contributed by atoms with Gasteiger partial charge in [-0.2, -0.15) is 0 Å². The van der Waals surface area contributed by atoms with Crippen molar-refractivity contribution in [3.05, 3.63) is 70.7 Å². The van der Waals surface area contributed by atoms with Crippen molar-refractivity contribution in [2.24, 2.45) is 7.05 Å². The summed E-state index contributed by atoms with van der Waals surface area (Å²) in [6, 6.07) is 18.2. The number of carbonyl (C=O) groups excluding carboxylic acids is 1. The maximum absolute atomic E-state index is 12.6. The first-order valence-electron chi connectivity index (χ1n) is 8.97. The van der Waals surface area contributed by atoms with Crippen LogP contribution in [0.25, 0.3) is 10.8 Å². The zero-order valence-electron chi connectivity index (χ0n) is 15.6. The van der Waals surface area contributed by atoms with Crippen molar-refractivity contribution < 1.29 is 4.79 Å². The third-order valence-electron chi connectivity index (χ3n) is 4.51. The van der Waals surface area contributed by atoms with Gasteiger partial charge in [0.25, 0.3) is 0 Å². The summed E-state index contributed by atoms with van der Waals surface area (Å²) in [5.74, 6) is 0.843. The van der Waals surface area contributed by atoms with Crippen molar-refractivity contribution in [2.45, 2.75) is 23.8 Å². The van der Waals surface area contributed by atoms with Crippen LogP contribution in [0.1, 0.15) is 17.6 Å². The van der Waals surface area contributed by atoms with Gasteiger partial charge < -0.3 is 9.88 Å². The van der Waals surface area contributed by atoms with Crippen LogP contribution in [0.3, 0.4) is 0 Å². The number of aromatic nitrogens is 3. The number of hydrogen-bond acceptors (Lipinski definition) is 5. The first-order valence-corrected chi connectivity index (χ1v) is 10.7. The second kappa shape index (κ2) is 8.16. The fourth-order valence-electron chi connectivity index (χ4n) is 2.89. The van der Waals surface area contributed by atoms with E-state index in [-0.39, 0.29) is 11.2 Å². The van der Waals surface area contributed by atoms with Gasteiger partial charge in [0, 0.05) is 24.0 Å². The predicted octanol–water partition coefficient (Wildman–Crippen LogP) is 4.74. The molecule has 0 spiro atoms. The molecule has 2 heterocycles. The molecule has 0 unspecified atom stereocenters. The summed E-state index contributed by atoms with van der Waals surface area (Å²) >= 11 is 3.12. The summed E-state index contributed by atoms with van der Waals surface area (Å²) in [5.41, 5.74) is 0.799. The van der Waals surface area contributed by atoms with Crippen molar-refractivity contribution in [3.63, 3.8) is 0 Å². The van der Waals surface area contributed by atoms with E-state index in [2.05, 4.69) is 33.0 Å². The third kappa shape index (κ3) is 4.10. The van der Waals surface area contributed by atoms with Crippen molar-refractivity contribution in [2.75, 3.05) is 5.32 Å². The van der Waals surface area contributed by atoms with Crippen molar-refractivity contribution in [1.82, 2.24) is 14.8 Å². The highest BCUT2D eigenvalue weighted by Gasteiger charge is 2.19. The van der Waals surface area contributed by atoms with Crippen molar-refractivity contribution in [3.8, 4) is 0 Å². The Morgan fingerprint density at radius 3 is 2.75 bits per heavy atom. The van der Waals surface area contributed by atoms with Crippen LogP contribution in [-0.2, 0) is 18.3 Å². The minimum Gasteiger partial charge on any atom is -0.325 e. The van der Waals surface area contributed by atoms with Crippen LogP contribution in [0.4, 0.5) is 5.69 Å². The minimum atomic E-state index is -0.288. The number of anilines is 1. The lowest BCUT2D eigenvalue weighted by atomic mass is 10.1.